The molecule has 1 aromatic rings. The summed E-state index contributed by atoms with van der Waals surface area (Å²) in [6, 6.07) is 4.46. The summed E-state index contributed by atoms with van der Waals surface area (Å²) in [4.78, 5) is 104. The van der Waals surface area contributed by atoms with Gasteiger partial charge < -0.3 is 83.7 Å². The second-order valence-electron chi connectivity index (χ2n) is 25.2. The Hall–Kier alpha value is -4.26. The maximum Gasteiger partial charge on any atom is 0.311 e. The van der Waals surface area contributed by atoms with Gasteiger partial charge >= 0.3 is 35.8 Å². The van der Waals surface area contributed by atoms with Gasteiger partial charge in [-0.2, -0.15) is 0 Å². The molecule has 1 amide bonds. The number of amides is 1. The first-order valence-electron chi connectivity index (χ1n) is 31.4. The number of aliphatic hydroxyl groups excluding tert-OH is 3. The van der Waals surface area contributed by atoms with Crippen molar-refractivity contribution >= 4 is 63.3 Å². The molecule has 27 heteroatoms. The van der Waals surface area contributed by atoms with Crippen molar-refractivity contribution in [3.8, 4) is 0 Å². The van der Waals surface area contributed by atoms with Crippen molar-refractivity contribution in [1.82, 2.24) is 15.2 Å². The van der Waals surface area contributed by atoms with Gasteiger partial charge in [0.05, 0.1) is 92.0 Å². The first kappa shape index (κ1) is 81.8. The van der Waals surface area contributed by atoms with Gasteiger partial charge in [0.15, 0.2) is 6.29 Å². The average molecular weight is 1320 g/mol. The van der Waals surface area contributed by atoms with Crippen LogP contribution in [-0.4, -0.2) is 222 Å². The van der Waals surface area contributed by atoms with Crippen LogP contribution in [0.4, 0.5) is 0 Å². The van der Waals surface area contributed by atoms with Gasteiger partial charge in [0.25, 0.3) is 0 Å². The number of hydrogen-bond donors (Lipinski definition) is 6. The molecule has 0 aromatic carbocycles. The second-order valence-corrected chi connectivity index (χ2v) is 27.6. The number of nitrogens with two attached hydrogens (primary N) is 1. The molecule has 1 aliphatic rings. The van der Waals surface area contributed by atoms with Gasteiger partial charge in [-0.25, -0.2) is 4.98 Å². The van der Waals surface area contributed by atoms with Crippen molar-refractivity contribution in [1.29, 1.82) is 0 Å². The molecular weight excluding hydrogens is 1210 g/mol. The van der Waals surface area contributed by atoms with E-state index in [0.29, 0.717) is 38.0 Å². The largest absolute Gasteiger partial charge is 0.481 e. The van der Waals surface area contributed by atoms with E-state index in [1.807, 2.05) is 58.0 Å². The maximum absolute atomic E-state index is 14.9. The summed E-state index contributed by atoms with van der Waals surface area (Å²) < 4.78 is 57.3. The third-order valence-electron chi connectivity index (χ3n) is 16.2. The lowest BCUT2D eigenvalue weighted by Gasteiger charge is -2.44. The molecule has 0 saturated carbocycles. The summed E-state index contributed by atoms with van der Waals surface area (Å²) in [6.07, 6.45) is -2.27. The zero-order valence-electron chi connectivity index (χ0n) is 55.5. The van der Waals surface area contributed by atoms with Gasteiger partial charge in [-0.1, -0.05) is 50.5 Å². The fourth-order valence-corrected chi connectivity index (χ4v) is 12.5. The van der Waals surface area contributed by atoms with Crippen molar-refractivity contribution < 1.29 is 101 Å². The molecule has 2 rings (SSSR count). The predicted molar refractivity (Wildman–Crippen MR) is 337 cm³/mol. The molecule has 25 nitrogen and oxygen atoms in total. The SMILES string of the molecule is CCCCOC(=O)C(C)(CC(C)(CCC(C)(CCC(C)(CC)C(=O)OCCOCCOCCO[C@@H]1O[C@H](CO)[C@H](O)[C@H](O)[C@H]1NC(C)=O)C(=O)OCCOCCN)C(=O)OCCN(C)C)CC(CCC)(CC(C)(C)C(=O)OCCSSc1ccccn1)C(=O)O. The van der Waals surface area contributed by atoms with Crippen LogP contribution >= 0.6 is 21.6 Å². The third-order valence-corrected chi connectivity index (χ3v) is 18.5. The van der Waals surface area contributed by atoms with Crippen molar-refractivity contribution in [3.05, 3.63) is 24.4 Å². The number of hydrogen-bond acceptors (Lipinski definition) is 25. The molecule has 0 radical (unpaired) electrons. The first-order valence-corrected chi connectivity index (χ1v) is 33.7. The zero-order valence-corrected chi connectivity index (χ0v) is 57.1. The van der Waals surface area contributed by atoms with Crippen molar-refractivity contribution in [2.75, 3.05) is 119 Å². The molecule has 1 saturated heterocycles. The lowest BCUT2D eigenvalue weighted by Crippen LogP contribution is -2.64. The van der Waals surface area contributed by atoms with Gasteiger partial charge in [-0.3, -0.25) is 33.6 Å². The molecule has 518 valence electrons. The molecule has 0 aliphatic carbocycles. The van der Waals surface area contributed by atoms with Gasteiger partial charge in [-0.05, 0) is 143 Å². The summed E-state index contributed by atoms with van der Waals surface area (Å²) in [5, 5.41) is 45.0. The first-order chi connectivity index (χ1) is 42.5. The van der Waals surface area contributed by atoms with E-state index >= 15 is 0 Å². The molecule has 1 aromatic heterocycles. The summed E-state index contributed by atoms with van der Waals surface area (Å²) in [5.41, 5.74) is -3.21. The van der Waals surface area contributed by atoms with Crippen LogP contribution in [0.2, 0.25) is 0 Å². The number of carboxylic acids is 1. The number of pyridine rings is 1. The molecule has 5 unspecified atom stereocenters. The van der Waals surface area contributed by atoms with Crippen molar-refractivity contribution in [3.63, 3.8) is 0 Å². The maximum atomic E-state index is 14.9. The van der Waals surface area contributed by atoms with Crippen molar-refractivity contribution in [2.45, 2.75) is 182 Å². The number of nitrogens with zero attached hydrogens (tertiary/aromatic N) is 2. The Bertz CT molecular complexity index is 2310. The van der Waals surface area contributed by atoms with E-state index in [2.05, 4.69) is 10.3 Å². The average Bonchev–Trinajstić information content (AvgIpc) is 0.793. The Kier molecular flexibility index (Phi) is 37.7. The fourth-order valence-electron chi connectivity index (χ4n) is 10.7. The van der Waals surface area contributed by atoms with E-state index in [1.165, 1.54) is 28.5 Å². The van der Waals surface area contributed by atoms with Gasteiger partial charge in [-0.15, -0.1) is 0 Å². The number of aromatic nitrogens is 1. The number of aliphatic carboxylic acids is 1. The number of carbonyl (C=O) groups excluding carboxylic acids is 6. The number of nitrogens with one attached hydrogen (secondary N) is 1. The molecule has 90 heavy (non-hydrogen) atoms. The molecular formula is C63H108N4O21S2. The number of likely N-dealkylation sites (N-methyl/N-ethyl adjacent to an activating group) is 1. The van der Waals surface area contributed by atoms with Crippen LogP contribution in [-0.2, 0) is 80.9 Å². The Morgan fingerprint density at radius 1 is 0.644 bits per heavy atom. The molecule has 1 fully saturated rings. The summed E-state index contributed by atoms with van der Waals surface area (Å²) in [5.74, 6) is -4.46. The van der Waals surface area contributed by atoms with Crippen LogP contribution in [0.1, 0.15) is 146 Å². The van der Waals surface area contributed by atoms with Crippen LogP contribution in [0.25, 0.3) is 0 Å². The lowest BCUT2D eigenvalue weighted by molar-refractivity contribution is -0.272. The number of esters is 5. The monoisotopic (exact) mass is 1320 g/mol. The normalized spacial score (nSPS) is 20.3. The number of aliphatic hydroxyl groups is 3. The highest BCUT2D eigenvalue weighted by Crippen LogP contribution is 2.53. The number of rotatable bonds is 49. The van der Waals surface area contributed by atoms with Gasteiger partial charge in [0.2, 0.25) is 5.91 Å². The lowest BCUT2D eigenvalue weighted by atomic mass is 9.59. The summed E-state index contributed by atoms with van der Waals surface area (Å²) in [6.45, 7) is 17.2. The van der Waals surface area contributed by atoms with E-state index in [9.17, 15) is 54.0 Å². The Morgan fingerprint density at radius 3 is 1.74 bits per heavy atom. The molecule has 7 N–H and O–H groups in total. The second kappa shape index (κ2) is 41.4. The van der Waals surface area contributed by atoms with Crippen LogP contribution in [0.3, 0.4) is 0 Å². The van der Waals surface area contributed by atoms with E-state index < -0.39 is 111 Å². The van der Waals surface area contributed by atoms with E-state index in [-0.39, 0.29) is 137 Å². The minimum Gasteiger partial charge on any atom is -0.481 e. The highest BCUT2D eigenvalue weighted by molar-refractivity contribution is 8.76. The molecule has 1 aliphatic heterocycles. The number of carbonyl (C=O) groups is 7. The standard InChI is InChI=1S/C63H108N4O21S2/c1-13-16-28-83-57(78)62(10,44-63(20-14-2,52(72)73)42-58(5,6)53(74)87-39-40-89-90-47-19-17-18-26-65-47)43-61(9,56(77)84-30-27-67(11)12)24-23-60(8,55(76)86-37-34-79-29-25-64)22-21-59(7,15-3)54(75)85-38-35-81-32-31-80-33-36-82-51-48(66-45(4)69)50(71)49(70)46(41-68)88-51/h17-19,26,46,48-51,68,70-71H,13-16,20-25,27-44,64H2,1-12H3,(H,66,69)(H,72,73)/t46-,48-,49+,50-,51-,59?,60?,61?,62?,63?/m1/s1. The molecule has 0 spiro atoms. The van der Waals surface area contributed by atoms with Crippen LogP contribution in [0.5, 0.6) is 0 Å². The Labute approximate surface area is 541 Å². The molecule has 2 heterocycles. The van der Waals surface area contributed by atoms with E-state index in [4.69, 9.17) is 53.1 Å². The van der Waals surface area contributed by atoms with Crippen LogP contribution < -0.4 is 11.1 Å². The highest BCUT2D eigenvalue weighted by atomic mass is 33.1. The topological polar surface area (TPSA) is 347 Å². The van der Waals surface area contributed by atoms with Gasteiger partial charge in [0.1, 0.15) is 55.8 Å². The summed E-state index contributed by atoms with van der Waals surface area (Å²) in [7, 11) is 6.53. The van der Waals surface area contributed by atoms with Crippen LogP contribution in [0, 0.1) is 32.5 Å². The number of unbranched alkanes of at least 4 members (excludes halogenated alkanes) is 1. The van der Waals surface area contributed by atoms with E-state index in [0.717, 1.165) is 5.03 Å². The third kappa shape index (κ3) is 27.7. The highest BCUT2D eigenvalue weighted by Gasteiger charge is 2.56. The Morgan fingerprint density at radius 2 is 1.19 bits per heavy atom. The van der Waals surface area contributed by atoms with Gasteiger partial charge in [0, 0.05) is 32.0 Å². The number of ether oxygens (including phenoxy) is 10. The smallest absolute Gasteiger partial charge is 0.311 e. The molecule has 0 bridgehead atoms. The zero-order chi connectivity index (χ0) is 67.6. The van der Waals surface area contributed by atoms with Crippen LogP contribution in [0.15, 0.2) is 29.4 Å². The molecule has 10 atom stereocenters. The fraction of sp³-hybridized carbons (Fsp3) is 0.810. The quantitative estimate of drug-likeness (QED) is 0.0190. The number of carboxylic acid groups (broad SMARTS) is 1. The predicted octanol–water partition coefficient (Wildman–Crippen LogP) is 5.93. The van der Waals surface area contributed by atoms with Crippen molar-refractivity contribution in [2.24, 2.45) is 38.2 Å². The minimum absolute atomic E-state index is 0.0213. The Balaban J connectivity index is 2.41. The minimum atomic E-state index is -1.71. The van der Waals surface area contributed by atoms with E-state index in [1.54, 1.807) is 47.7 Å². The summed E-state index contributed by atoms with van der Waals surface area (Å²) >= 11 is 0.